The summed E-state index contributed by atoms with van der Waals surface area (Å²) >= 11 is 0. The molecule has 0 saturated heterocycles. The van der Waals surface area contributed by atoms with Gasteiger partial charge in [-0.25, -0.2) is 4.79 Å². The lowest BCUT2D eigenvalue weighted by molar-refractivity contribution is 0.192. The predicted molar refractivity (Wildman–Crippen MR) is 55.4 cm³/mol. The normalized spacial score (nSPS) is 10.4. The first-order valence-electron chi connectivity index (χ1n) is 5.11. The molecule has 1 unspecified atom stereocenters. The van der Waals surface area contributed by atoms with Crippen LogP contribution in [0.25, 0.3) is 0 Å². The molecule has 0 aliphatic heterocycles. The highest BCUT2D eigenvalue weighted by atomic mass is 16.5. The van der Waals surface area contributed by atoms with Crippen LogP contribution < -0.4 is 0 Å². The highest BCUT2D eigenvalue weighted by molar-refractivity contribution is 5.46. The third-order valence-electron chi connectivity index (χ3n) is 2.01. The number of hydrogen-bond donors (Lipinski definition) is 0. The largest absolute Gasteiger partial charge is 0.428 e. The molecule has 0 aliphatic rings. The van der Waals surface area contributed by atoms with Gasteiger partial charge in [0.25, 0.3) is 12.5 Å². The summed E-state index contributed by atoms with van der Waals surface area (Å²) < 4.78 is 9.17. The fraction of sp³-hybridized carbons (Fsp3) is 0.636. The summed E-state index contributed by atoms with van der Waals surface area (Å²) in [5, 5.41) is 16.4. The molecule has 0 heterocycles. The summed E-state index contributed by atoms with van der Waals surface area (Å²) in [4.78, 5) is 10.1. The second-order valence-electron chi connectivity index (χ2n) is 3.17. The molecule has 0 radical (unpaired) electrons. The lowest BCUT2D eigenvalue weighted by Crippen LogP contribution is -2.06. The average Bonchev–Trinajstić information content (AvgIpc) is 2.28. The van der Waals surface area contributed by atoms with Crippen LogP contribution in [-0.2, 0) is 14.3 Å². The van der Waals surface area contributed by atoms with Crippen LogP contribution in [0.1, 0.15) is 32.1 Å². The van der Waals surface area contributed by atoms with Gasteiger partial charge in [-0.15, -0.1) is 0 Å². The maximum absolute atomic E-state index is 10.1. The van der Waals surface area contributed by atoms with Crippen LogP contribution in [0.4, 0.5) is 0 Å². The quantitative estimate of drug-likeness (QED) is 0.337. The van der Waals surface area contributed by atoms with Gasteiger partial charge in [0.15, 0.2) is 0 Å². The molecule has 5 heteroatoms. The average molecular weight is 222 g/mol. The minimum atomic E-state index is -0.460. The molecule has 0 N–H and O–H groups in total. The van der Waals surface area contributed by atoms with Gasteiger partial charge in [-0.1, -0.05) is 12.8 Å². The smallest absolute Gasteiger partial charge is 0.286 e. The summed E-state index contributed by atoms with van der Waals surface area (Å²) in [7, 11) is 0. The van der Waals surface area contributed by atoms with E-state index in [1.807, 2.05) is 0 Å². The fourth-order valence-electron chi connectivity index (χ4n) is 1.24. The monoisotopic (exact) mass is 222 g/mol. The standard InChI is InChI=1S/C11H14N2O3/c12-9-15-8-4-2-1-3-5-11(6-7-14)16-10-13/h6,11H,1-5,8H2. The van der Waals surface area contributed by atoms with E-state index in [9.17, 15) is 4.79 Å². The first-order valence-corrected chi connectivity index (χ1v) is 5.11. The summed E-state index contributed by atoms with van der Waals surface area (Å²) in [6.07, 6.45) is 8.13. The molecule has 86 valence electrons. The van der Waals surface area contributed by atoms with E-state index < -0.39 is 6.10 Å². The van der Waals surface area contributed by atoms with Crippen LogP contribution in [-0.4, -0.2) is 18.7 Å². The summed E-state index contributed by atoms with van der Waals surface area (Å²) in [6, 6.07) is 0. The molecule has 0 fully saturated rings. The van der Waals surface area contributed by atoms with E-state index in [-0.39, 0.29) is 0 Å². The summed E-state index contributed by atoms with van der Waals surface area (Å²) in [5.74, 6) is 1.61. The zero-order chi connectivity index (χ0) is 12.1. The van der Waals surface area contributed by atoms with Gasteiger partial charge < -0.3 is 9.47 Å². The number of carbonyl (C=O) groups excluding carboxylic acids is 1. The van der Waals surface area contributed by atoms with Crippen LogP contribution in [0.3, 0.4) is 0 Å². The van der Waals surface area contributed by atoms with Crippen molar-refractivity contribution in [3.63, 3.8) is 0 Å². The van der Waals surface area contributed by atoms with E-state index >= 15 is 0 Å². The minimum Gasteiger partial charge on any atom is -0.428 e. The molecule has 0 aromatic heterocycles. The van der Waals surface area contributed by atoms with Gasteiger partial charge in [-0.2, -0.15) is 10.5 Å². The van der Waals surface area contributed by atoms with Crippen LogP contribution >= 0.6 is 0 Å². The Hall–Kier alpha value is -1.97. The van der Waals surface area contributed by atoms with E-state index in [0.29, 0.717) is 13.0 Å². The second kappa shape index (κ2) is 11.1. The van der Waals surface area contributed by atoms with E-state index in [4.69, 9.17) is 10.5 Å². The van der Waals surface area contributed by atoms with E-state index in [1.54, 1.807) is 18.5 Å². The van der Waals surface area contributed by atoms with E-state index in [1.165, 1.54) is 6.08 Å². The third kappa shape index (κ3) is 8.62. The van der Waals surface area contributed by atoms with Crippen molar-refractivity contribution in [1.29, 1.82) is 10.5 Å². The Balaban J connectivity index is 3.45. The van der Waals surface area contributed by atoms with Gasteiger partial charge in [0.05, 0.1) is 0 Å². The Morgan fingerprint density at radius 1 is 1.12 bits per heavy atom. The second-order valence-corrected chi connectivity index (χ2v) is 3.17. The summed E-state index contributed by atoms with van der Waals surface area (Å²) in [6.45, 7) is 0.447. The van der Waals surface area contributed by atoms with E-state index in [2.05, 4.69) is 9.47 Å². The minimum absolute atomic E-state index is 0.447. The van der Waals surface area contributed by atoms with Gasteiger partial charge in [0.1, 0.15) is 18.7 Å². The number of unbranched alkanes of at least 4 members (excludes halogenated alkanes) is 3. The predicted octanol–water partition coefficient (Wildman–Crippen LogP) is 1.69. The molecule has 0 aromatic carbocycles. The number of ether oxygens (including phenoxy) is 2. The van der Waals surface area contributed by atoms with Crippen LogP contribution in [0, 0.1) is 23.0 Å². The number of nitrogens with zero attached hydrogens (tertiary/aromatic N) is 2. The number of rotatable bonds is 9. The Kier molecular flexibility index (Phi) is 9.74. The molecule has 0 amide bonds. The zero-order valence-corrected chi connectivity index (χ0v) is 9.02. The maximum atomic E-state index is 10.1. The van der Waals surface area contributed by atoms with Crippen molar-refractivity contribution in [2.45, 2.75) is 38.2 Å². The highest BCUT2D eigenvalue weighted by Crippen LogP contribution is 2.08. The van der Waals surface area contributed by atoms with Crippen molar-refractivity contribution in [1.82, 2.24) is 0 Å². The Morgan fingerprint density at radius 3 is 2.50 bits per heavy atom. The van der Waals surface area contributed by atoms with Crippen LogP contribution in [0.2, 0.25) is 0 Å². The molecule has 0 rings (SSSR count). The van der Waals surface area contributed by atoms with Crippen molar-refractivity contribution < 1.29 is 14.3 Å². The van der Waals surface area contributed by atoms with Crippen LogP contribution in [0.15, 0.2) is 6.08 Å². The lowest BCUT2D eigenvalue weighted by atomic mass is 10.1. The third-order valence-corrected chi connectivity index (χ3v) is 2.01. The van der Waals surface area contributed by atoms with E-state index in [0.717, 1.165) is 25.7 Å². The highest BCUT2D eigenvalue weighted by Gasteiger charge is 2.05. The number of nitriles is 2. The number of hydrogen-bond acceptors (Lipinski definition) is 5. The van der Waals surface area contributed by atoms with Gasteiger partial charge >= 0.3 is 0 Å². The molecular formula is C11H14N2O3. The van der Waals surface area contributed by atoms with Crippen molar-refractivity contribution >= 4 is 5.94 Å². The molecule has 0 aliphatic carbocycles. The SMILES string of the molecule is N#COCCCCCCC(C=C=O)OC#N. The van der Waals surface area contributed by atoms with Gasteiger partial charge in [-0.3, -0.25) is 0 Å². The first-order chi connectivity index (χ1) is 7.85. The van der Waals surface area contributed by atoms with Gasteiger partial charge in [0.2, 0.25) is 0 Å². The molecule has 0 aromatic rings. The molecular weight excluding hydrogens is 208 g/mol. The molecule has 0 spiro atoms. The molecule has 5 nitrogen and oxygen atoms in total. The van der Waals surface area contributed by atoms with Crippen LogP contribution in [0.5, 0.6) is 0 Å². The topological polar surface area (TPSA) is 83.1 Å². The fourth-order valence-corrected chi connectivity index (χ4v) is 1.24. The molecule has 0 bridgehead atoms. The molecule has 0 saturated carbocycles. The summed E-state index contributed by atoms with van der Waals surface area (Å²) in [5.41, 5.74) is 0. The Bertz CT molecular complexity index is 297. The lowest BCUT2D eigenvalue weighted by Gasteiger charge is -2.06. The van der Waals surface area contributed by atoms with Crippen molar-refractivity contribution in [3.8, 4) is 12.5 Å². The Labute approximate surface area is 94.9 Å². The van der Waals surface area contributed by atoms with Crippen molar-refractivity contribution in [2.75, 3.05) is 6.61 Å². The molecule has 16 heavy (non-hydrogen) atoms. The zero-order valence-electron chi connectivity index (χ0n) is 9.02. The van der Waals surface area contributed by atoms with Crippen molar-refractivity contribution in [3.05, 3.63) is 6.08 Å². The van der Waals surface area contributed by atoms with Gasteiger partial charge in [0, 0.05) is 6.08 Å². The molecule has 1 atom stereocenters. The van der Waals surface area contributed by atoms with Crippen molar-refractivity contribution in [2.24, 2.45) is 0 Å². The van der Waals surface area contributed by atoms with Gasteiger partial charge in [-0.05, 0) is 19.3 Å². The maximum Gasteiger partial charge on any atom is 0.286 e. The Morgan fingerprint density at radius 2 is 1.88 bits per heavy atom. The first kappa shape index (κ1) is 14.0.